The number of thioether (sulfide) groups is 1. The lowest BCUT2D eigenvalue weighted by Crippen LogP contribution is -2.12. The van der Waals surface area contributed by atoms with E-state index < -0.39 is 0 Å². The van der Waals surface area contributed by atoms with Crippen molar-refractivity contribution in [1.29, 1.82) is 0 Å². The largest absolute Gasteiger partial charge is 0.494 e. The van der Waals surface area contributed by atoms with Gasteiger partial charge in [0.2, 0.25) is 5.91 Å². The first-order chi connectivity index (χ1) is 10.7. The van der Waals surface area contributed by atoms with Crippen molar-refractivity contribution >= 4 is 35.0 Å². The van der Waals surface area contributed by atoms with Crippen molar-refractivity contribution in [3.63, 3.8) is 0 Å². The van der Waals surface area contributed by atoms with E-state index in [9.17, 15) is 4.79 Å². The molecule has 0 aliphatic heterocycles. The normalized spacial score (nSPS) is 10.3. The Morgan fingerprint density at radius 1 is 1.23 bits per heavy atom. The standard InChI is InChI=1S/C17H18ClNO2S/c1-22-16-5-2-4-14(12-16)19-17(20)6-3-11-21-15-9-7-13(18)8-10-15/h2,4-5,7-10,12H,3,6,11H2,1H3,(H,19,20). The van der Waals surface area contributed by atoms with Crippen LogP contribution in [-0.2, 0) is 4.79 Å². The van der Waals surface area contributed by atoms with Crippen molar-refractivity contribution in [2.75, 3.05) is 18.2 Å². The molecule has 2 aromatic carbocycles. The SMILES string of the molecule is CSc1cccc(NC(=O)CCCOc2ccc(Cl)cc2)c1. The van der Waals surface area contributed by atoms with Crippen LogP contribution < -0.4 is 10.1 Å². The van der Waals surface area contributed by atoms with Gasteiger partial charge in [0.25, 0.3) is 0 Å². The van der Waals surface area contributed by atoms with Crippen LogP contribution in [0, 0.1) is 0 Å². The van der Waals surface area contributed by atoms with Crippen LogP contribution >= 0.6 is 23.4 Å². The highest BCUT2D eigenvalue weighted by Crippen LogP contribution is 2.19. The Hall–Kier alpha value is -1.65. The maximum Gasteiger partial charge on any atom is 0.224 e. The Labute approximate surface area is 140 Å². The minimum absolute atomic E-state index is 0.00189. The van der Waals surface area contributed by atoms with Gasteiger partial charge in [-0.05, 0) is 55.1 Å². The van der Waals surface area contributed by atoms with Gasteiger partial charge in [-0.15, -0.1) is 11.8 Å². The van der Waals surface area contributed by atoms with E-state index in [0.717, 1.165) is 16.3 Å². The van der Waals surface area contributed by atoms with E-state index in [0.29, 0.717) is 24.5 Å². The number of amides is 1. The third kappa shape index (κ3) is 5.62. The summed E-state index contributed by atoms with van der Waals surface area (Å²) in [5, 5.41) is 3.58. The van der Waals surface area contributed by atoms with E-state index in [1.54, 1.807) is 23.9 Å². The molecule has 0 unspecified atom stereocenters. The first-order valence-corrected chi connectivity index (χ1v) is 8.60. The molecule has 0 bridgehead atoms. The Bertz CT molecular complexity index is 616. The Balaban J connectivity index is 1.70. The third-order valence-electron chi connectivity index (χ3n) is 2.98. The summed E-state index contributed by atoms with van der Waals surface area (Å²) in [5.41, 5.74) is 0.829. The molecule has 3 nitrogen and oxygen atoms in total. The zero-order chi connectivity index (χ0) is 15.8. The van der Waals surface area contributed by atoms with Gasteiger partial charge in [-0.2, -0.15) is 0 Å². The second-order valence-corrected chi connectivity index (χ2v) is 6.00. The minimum Gasteiger partial charge on any atom is -0.494 e. The van der Waals surface area contributed by atoms with E-state index >= 15 is 0 Å². The molecule has 0 atom stereocenters. The van der Waals surface area contributed by atoms with Crippen LogP contribution in [0.25, 0.3) is 0 Å². The van der Waals surface area contributed by atoms with Gasteiger partial charge in [-0.1, -0.05) is 17.7 Å². The quantitative estimate of drug-likeness (QED) is 0.580. The second kappa shape index (κ2) is 8.71. The number of hydrogen-bond donors (Lipinski definition) is 1. The number of rotatable bonds is 7. The fraction of sp³-hybridized carbons (Fsp3) is 0.235. The van der Waals surface area contributed by atoms with Crippen LogP contribution in [0.15, 0.2) is 53.4 Å². The molecule has 0 saturated heterocycles. The number of halogens is 1. The highest BCUT2D eigenvalue weighted by molar-refractivity contribution is 7.98. The number of hydrogen-bond acceptors (Lipinski definition) is 3. The van der Waals surface area contributed by atoms with E-state index in [4.69, 9.17) is 16.3 Å². The third-order valence-corrected chi connectivity index (χ3v) is 3.96. The van der Waals surface area contributed by atoms with Crippen LogP contribution in [0.2, 0.25) is 5.02 Å². The number of nitrogens with one attached hydrogen (secondary N) is 1. The van der Waals surface area contributed by atoms with Gasteiger partial charge in [0, 0.05) is 22.0 Å². The first kappa shape index (κ1) is 16.7. The fourth-order valence-electron chi connectivity index (χ4n) is 1.88. The van der Waals surface area contributed by atoms with E-state index in [-0.39, 0.29) is 5.91 Å². The average Bonchev–Trinajstić information content (AvgIpc) is 2.53. The molecule has 0 heterocycles. The molecule has 0 saturated carbocycles. The highest BCUT2D eigenvalue weighted by Gasteiger charge is 2.03. The number of ether oxygens (including phenoxy) is 1. The average molecular weight is 336 g/mol. The molecule has 1 amide bonds. The summed E-state index contributed by atoms with van der Waals surface area (Å²) in [5.74, 6) is 0.760. The van der Waals surface area contributed by atoms with Crippen molar-refractivity contribution in [2.45, 2.75) is 17.7 Å². The summed E-state index contributed by atoms with van der Waals surface area (Å²) in [4.78, 5) is 13.0. The lowest BCUT2D eigenvalue weighted by molar-refractivity contribution is -0.116. The van der Waals surface area contributed by atoms with Gasteiger partial charge < -0.3 is 10.1 Å². The van der Waals surface area contributed by atoms with Gasteiger partial charge in [-0.3, -0.25) is 4.79 Å². The lowest BCUT2D eigenvalue weighted by Gasteiger charge is -2.08. The number of carbonyl (C=O) groups excluding carboxylic acids is 1. The fourth-order valence-corrected chi connectivity index (χ4v) is 2.46. The first-order valence-electron chi connectivity index (χ1n) is 6.99. The van der Waals surface area contributed by atoms with Gasteiger partial charge >= 0.3 is 0 Å². The predicted octanol–water partition coefficient (Wildman–Crippen LogP) is 4.86. The second-order valence-electron chi connectivity index (χ2n) is 4.69. The van der Waals surface area contributed by atoms with Gasteiger partial charge in [0.1, 0.15) is 5.75 Å². The van der Waals surface area contributed by atoms with Gasteiger partial charge in [0.15, 0.2) is 0 Å². The molecular weight excluding hydrogens is 318 g/mol. The topological polar surface area (TPSA) is 38.3 Å². The number of anilines is 1. The van der Waals surface area contributed by atoms with E-state index in [2.05, 4.69) is 5.32 Å². The smallest absolute Gasteiger partial charge is 0.224 e. The van der Waals surface area contributed by atoms with Crippen LogP contribution in [0.5, 0.6) is 5.75 Å². The molecule has 0 radical (unpaired) electrons. The Morgan fingerprint density at radius 3 is 2.73 bits per heavy atom. The molecule has 0 aliphatic rings. The van der Waals surface area contributed by atoms with Crippen molar-refractivity contribution < 1.29 is 9.53 Å². The maximum atomic E-state index is 11.9. The number of benzene rings is 2. The summed E-state index contributed by atoms with van der Waals surface area (Å²) in [7, 11) is 0. The zero-order valence-corrected chi connectivity index (χ0v) is 13.9. The minimum atomic E-state index is -0.00189. The van der Waals surface area contributed by atoms with Gasteiger partial charge in [-0.25, -0.2) is 0 Å². The Kier molecular flexibility index (Phi) is 6.62. The molecular formula is C17H18ClNO2S. The van der Waals surface area contributed by atoms with Crippen molar-refractivity contribution in [1.82, 2.24) is 0 Å². The monoisotopic (exact) mass is 335 g/mol. The van der Waals surface area contributed by atoms with Crippen LogP contribution in [-0.4, -0.2) is 18.8 Å². The summed E-state index contributed by atoms with van der Waals surface area (Å²) in [6.07, 6.45) is 3.10. The molecule has 116 valence electrons. The Morgan fingerprint density at radius 2 is 2.00 bits per heavy atom. The molecule has 0 spiro atoms. The molecule has 22 heavy (non-hydrogen) atoms. The molecule has 5 heteroatoms. The van der Waals surface area contributed by atoms with Crippen molar-refractivity contribution in [2.24, 2.45) is 0 Å². The van der Waals surface area contributed by atoms with Crippen LogP contribution in [0.3, 0.4) is 0 Å². The summed E-state index contributed by atoms with van der Waals surface area (Å²) in [6, 6.07) is 15.0. The maximum absolute atomic E-state index is 11.9. The summed E-state index contributed by atoms with van der Waals surface area (Å²) in [6.45, 7) is 0.500. The zero-order valence-electron chi connectivity index (χ0n) is 12.3. The lowest BCUT2D eigenvalue weighted by atomic mass is 10.2. The summed E-state index contributed by atoms with van der Waals surface area (Å²) >= 11 is 7.45. The summed E-state index contributed by atoms with van der Waals surface area (Å²) < 4.78 is 5.56. The van der Waals surface area contributed by atoms with Crippen LogP contribution in [0.1, 0.15) is 12.8 Å². The van der Waals surface area contributed by atoms with E-state index in [1.807, 2.05) is 42.7 Å². The highest BCUT2D eigenvalue weighted by atomic mass is 35.5. The predicted molar refractivity (Wildman–Crippen MR) is 93.0 cm³/mol. The molecule has 0 aliphatic carbocycles. The molecule has 2 aromatic rings. The molecule has 0 aromatic heterocycles. The van der Waals surface area contributed by atoms with E-state index in [1.165, 1.54) is 0 Å². The molecule has 1 N–H and O–H groups in total. The van der Waals surface area contributed by atoms with Crippen molar-refractivity contribution in [3.8, 4) is 5.75 Å². The van der Waals surface area contributed by atoms with Crippen LogP contribution in [0.4, 0.5) is 5.69 Å². The van der Waals surface area contributed by atoms with Crippen molar-refractivity contribution in [3.05, 3.63) is 53.6 Å². The molecule has 0 fully saturated rings. The number of carbonyl (C=O) groups is 1. The molecule has 2 rings (SSSR count). The van der Waals surface area contributed by atoms with Gasteiger partial charge in [0.05, 0.1) is 6.61 Å².